The Bertz CT molecular complexity index is 312. The van der Waals surface area contributed by atoms with Gasteiger partial charge in [0, 0.05) is 0 Å². The summed E-state index contributed by atoms with van der Waals surface area (Å²) in [5.74, 6) is 5.94. The molecule has 0 aromatic carbocycles. The van der Waals surface area contributed by atoms with Crippen LogP contribution in [0.3, 0.4) is 0 Å². The van der Waals surface area contributed by atoms with Crippen molar-refractivity contribution in [3.8, 4) is 0 Å². The lowest BCUT2D eigenvalue weighted by Gasteiger charge is -2.47. The Morgan fingerprint density at radius 3 is 2.06 bits per heavy atom. The van der Waals surface area contributed by atoms with Gasteiger partial charge in [0.15, 0.2) is 0 Å². The van der Waals surface area contributed by atoms with Crippen LogP contribution >= 0.6 is 9.16 Å². The van der Waals surface area contributed by atoms with E-state index in [4.69, 9.17) is 0 Å². The molecule has 0 aromatic rings. The van der Waals surface area contributed by atoms with Gasteiger partial charge in [0.1, 0.15) is 0 Å². The summed E-state index contributed by atoms with van der Waals surface area (Å²) >= 11 is 0. The summed E-state index contributed by atoms with van der Waals surface area (Å²) in [6.45, 7) is 9.68. The van der Waals surface area contributed by atoms with Gasteiger partial charge in [-0.15, -0.1) is 0 Å². The minimum atomic E-state index is -1.19. The largest absolute Gasteiger partial charge is 0.281 e. The van der Waals surface area contributed by atoms with E-state index in [-0.39, 0.29) is 0 Å². The molecule has 1 heterocycles. The Hall–Kier alpha value is 0.350. The van der Waals surface area contributed by atoms with Crippen LogP contribution in [0.25, 0.3) is 0 Å². The summed E-state index contributed by atoms with van der Waals surface area (Å²) < 4.78 is 0.912. The van der Waals surface area contributed by atoms with E-state index in [0.29, 0.717) is 0 Å². The molecule has 1 saturated heterocycles. The number of thiol groups is 1. The van der Waals surface area contributed by atoms with Crippen LogP contribution in [0.4, 0.5) is 0 Å². The van der Waals surface area contributed by atoms with E-state index in [0.717, 1.165) is 22.5 Å². The highest BCUT2D eigenvalue weighted by Crippen LogP contribution is 2.93. The van der Waals surface area contributed by atoms with Gasteiger partial charge in [-0.05, 0) is 72.2 Å². The highest BCUT2D eigenvalue weighted by Gasteiger charge is 2.69. The average Bonchev–Trinajstić information content (AvgIpc) is 2.76. The van der Waals surface area contributed by atoms with Crippen molar-refractivity contribution in [1.29, 1.82) is 0 Å². The zero-order valence-electron chi connectivity index (χ0n) is 13.6. The molecule has 0 nitrogen and oxygen atoms in total. The Morgan fingerprint density at radius 1 is 1.06 bits per heavy atom. The lowest BCUT2D eigenvalue weighted by molar-refractivity contribution is 0.327. The fourth-order valence-corrected chi connectivity index (χ4v) is 11.4. The number of rotatable bonds is 6. The van der Waals surface area contributed by atoms with Crippen molar-refractivity contribution in [2.75, 3.05) is 24.0 Å². The van der Waals surface area contributed by atoms with E-state index in [1.54, 1.807) is 24.3 Å². The van der Waals surface area contributed by atoms with Crippen LogP contribution in [-0.4, -0.2) is 28.8 Å². The lowest BCUT2D eigenvalue weighted by atomic mass is 9.87. The van der Waals surface area contributed by atoms with Gasteiger partial charge < -0.3 is 0 Å². The molecule has 1 aliphatic heterocycles. The summed E-state index contributed by atoms with van der Waals surface area (Å²) in [6.07, 6.45) is 13.1. The van der Waals surface area contributed by atoms with Gasteiger partial charge in [0.25, 0.3) is 0 Å². The molecule has 110 valence electrons. The third kappa shape index (κ3) is 2.37. The van der Waals surface area contributed by atoms with Crippen molar-refractivity contribution in [3.63, 3.8) is 0 Å². The Balaban J connectivity index is 1.78. The van der Waals surface area contributed by atoms with Crippen molar-refractivity contribution in [1.82, 2.24) is 0 Å². The highest BCUT2D eigenvalue weighted by atomic mass is 32.3. The van der Waals surface area contributed by atoms with Crippen LogP contribution in [0, 0.1) is 17.8 Å². The second kappa shape index (κ2) is 4.43. The molecule has 18 heavy (non-hydrogen) atoms. The SMILES string of the molecule is CC(CC[SH]1(C)(C)CC12CCC2)CC(C)C(C)C. The smallest absolute Gasteiger partial charge is 0.00638 e. The first-order valence-corrected chi connectivity index (χ1v) is 11.7. The summed E-state index contributed by atoms with van der Waals surface area (Å²) in [7, 11) is -1.19. The molecule has 1 heteroatoms. The van der Waals surface area contributed by atoms with E-state index in [1.165, 1.54) is 19.3 Å². The first-order valence-electron chi connectivity index (χ1n) is 8.18. The maximum Gasteiger partial charge on any atom is -0.00638 e. The molecule has 2 aliphatic rings. The third-order valence-corrected chi connectivity index (χ3v) is 13.6. The molecule has 1 aliphatic carbocycles. The van der Waals surface area contributed by atoms with Crippen molar-refractivity contribution < 1.29 is 0 Å². The fraction of sp³-hybridized carbons (Fsp3) is 1.00. The first-order chi connectivity index (χ1) is 8.18. The zero-order valence-corrected chi connectivity index (χ0v) is 14.5. The lowest BCUT2D eigenvalue weighted by Crippen LogP contribution is -2.28. The van der Waals surface area contributed by atoms with E-state index in [1.807, 2.05) is 0 Å². The van der Waals surface area contributed by atoms with E-state index in [9.17, 15) is 0 Å². The van der Waals surface area contributed by atoms with Crippen molar-refractivity contribution in [2.45, 2.75) is 64.5 Å². The molecule has 0 N–H and O–H groups in total. The molecule has 2 unspecified atom stereocenters. The van der Waals surface area contributed by atoms with Crippen LogP contribution < -0.4 is 0 Å². The van der Waals surface area contributed by atoms with E-state index < -0.39 is 9.16 Å². The van der Waals surface area contributed by atoms with Crippen LogP contribution in [-0.2, 0) is 0 Å². The molecule has 2 rings (SSSR count). The molecule has 1 saturated carbocycles. The quantitative estimate of drug-likeness (QED) is 0.512. The second-order valence-electron chi connectivity index (χ2n) is 9.01. The minimum Gasteiger partial charge on any atom is -0.281 e. The molecule has 2 atom stereocenters. The van der Waals surface area contributed by atoms with Crippen molar-refractivity contribution in [2.24, 2.45) is 17.8 Å². The molecule has 1 spiro atoms. The van der Waals surface area contributed by atoms with Crippen LogP contribution in [0.15, 0.2) is 0 Å². The predicted octanol–water partition coefficient (Wildman–Crippen LogP) is 4.96. The molecular formula is C17H36S. The molecule has 0 radical (unpaired) electrons. The zero-order chi connectivity index (χ0) is 13.6. The summed E-state index contributed by atoms with van der Waals surface area (Å²) in [6, 6.07) is 0. The highest BCUT2D eigenvalue weighted by molar-refractivity contribution is 8.55. The molecular weight excluding hydrogens is 236 g/mol. The number of hydrogen-bond donors (Lipinski definition) is 1. The monoisotopic (exact) mass is 272 g/mol. The van der Waals surface area contributed by atoms with Crippen LogP contribution in [0.2, 0.25) is 0 Å². The Labute approximate surface area is 116 Å². The molecule has 0 amide bonds. The topological polar surface area (TPSA) is 0 Å². The number of hydrogen-bond acceptors (Lipinski definition) is 0. The average molecular weight is 273 g/mol. The molecule has 2 fully saturated rings. The summed E-state index contributed by atoms with van der Waals surface area (Å²) in [5.41, 5.74) is 0. The predicted molar refractivity (Wildman–Crippen MR) is 89.6 cm³/mol. The third-order valence-electron chi connectivity index (χ3n) is 6.85. The Morgan fingerprint density at radius 2 is 1.67 bits per heavy atom. The second-order valence-corrected chi connectivity index (χ2v) is 16.1. The van der Waals surface area contributed by atoms with Gasteiger partial charge in [-0.3, -0.25) is 9.16 Å². The van der Waals surface area contributed by atoms with Gasteiger partial charge in [0.2, 0.25) is 0 Å². The minimum absolute atomic E-state index is 0.856. The first kappa shape index (κ1) is 14.8. The van der Waals surface area contributed by atoms with Gasteiger partial charge in [-0.2, -0.15) is 0 Å². The fourth-order valence-electron chi connectivity index (χ4n) is 4.39. The van der Waals surface area contributed by atoms with Crippen molar-refractivity contribution >= 4 is 9.16 Å². The van der Waals surface area contributed by atoms with E-state index in [2.05, 4.69) is 40.2 Å². The van der Waals surface area contributed by atoms with Gasteiger partial charge in [0.05, 0.1) is 0 Å². The maximum absolute atomic E-state index is 2.71. The van der Waals surface area contributed by atoms with Crippen molar-refractivity contribution in [3.05, 3.63) is 0 Å². The molecule has 0 aromatic heterocycles. The standard InChI is InChI=1S/C17H36S/c1-14(2)16(4)12-15(3)8-11-18(5,6)13-17(18)9-7-10-17/h14-16,18H,7-13H2,1-6H3. The van der Waals surface area contributed by atoms with Crippen LogP contribution in [0.1, 0.15) is 59.8 Å². The molecule has 0 bridgehead atoms. The maximum atomic E-state index is 2.71. The van der Waals surface area contributed by atoms with Gasteiger partial charge in [-0.1, -0.05) is 34.1 Å². The summed E-state index contributed by atoms with van der Waals surface area (Å²) in [5, 5.41) is 0. The van der Waals surface area contributed by atoms with Crippen LogP contribution in [0.5, 0.6) is 0 Å². The normalized spacial score (nSPS) is 32.3. The van der Waals surface area contributed by atoms with Gasteiger partial charge in [-0.25, -0.2) is 0 Å². The van der Waals surface area contributed by atoms with E-state index >= 15 is 0 Å². The summed E-state index contributed by atoms with van der Waals surface area (Å²) in [4.78, 5) is 0. The van der Waals surface area contributed by atoms with Gasteiger partial charge >= 0.3 is 0 Å². The Kier molecular flexibility index (Phi) is 3.63.